The van der Waals surface area contributed by atoms with Crippen LogP contribution in [0.25, 0.3) is 0 Å². The fourth-order valence-electron chi connectivity index (χ4n) is 3.02. The van der Waals surface area contributed by atoms with Crippen LogP contribution < -0.4 is 0 Å². The number of piperidine rings is 1. The van der Waals surface area contributed by atoms with Crippen LogP contribution in [-0.2, 0) is 20.0 Å². The number of aryl methyl sites for hydroxylation is 1. The number of likely N-dealkylation sites (tertiary alicyclic amines) is 1. The van der Waals surface area contributed by atoms with Crippen molar-refractivity contribution in [1.82, 2.24) is 19.4 Å². The molecule has 3 rings (SSSR count). The van der Waals surface area contributed by atoms with Gasteiger partial charge in [0.1, 0.15) is 5.82 Å². The number of hydrogen-bond donors (Lipinski definition) is 0. The molecule has 0 amide bonds. The minimum atomic E-state index is 0.721. The molecule has 0 bridgehead atoms. The first-order valence-electron chi connectivity index (χ1n) is 7.40. The highest BCUT2D eigenvalue weighted by atomic mass is 15.2. The highest BCUT2D eigenvalue weighted by molar-refractivity contribution is 5.05. The van der Waals surface area contributed by atoms with E-state index in [-0.39, 0.29) is 0 Å². The zero-order valence-electron chi connectivity index (χ0n) is 12.1. The lowest BCUT2D eigenvalue weighted by molar-refractivity contribution is 0.161. The SMILES string of the molecule is Cn1ccnc1CN1CCCC(Cc2ccccn2)C1. The third-order valence-electron chi connectivity index (χ3n) is 4.11. The molecule has 3 heterocycles. The summed E-state index contributed by atoms with van der Waals surface area (Å²) in [6.45, 7) is 3.30. The summed E-state index contributed by atoms with van der Waals surface area (Å²) >= 11 is 0. The van der Waals surface area contributed by atoms with E-state index in [2.05, 4.69) is 38.6 Å². The Morgan fingerprint density at radius 3 is 2.95 bits per heavy atom. The minimum Gasteiger partial charge on any atom is -0.337 e. The standard InChI is InChI=1S/C16H22N4/c1-19-10-8-18-16(19)13-20-9-4-5-14(12-20)11-15-6-2-3-7-17-15/h2-3,6-8,10,14H,4-5,9,11-13H2,1H3. The molecular formula is C16H22N4. The van der Waals surface area contributed by atoms with Gasteiger partial charge >= 0.3 is 0 Å². The maximum atomic E-state index is 4.45. The Hall–Kier alpha value is -1.68. The van der Waals surface area contributed by atoms with E-state index in [0.717, 1.165) is 31.3 Å². The molecule has 0 N–H and O–H groups in total. The van der Waals surface area contributed by atoms with Crippen LogP contribution in [0.2, 0.25) is 0 Å². The van der Waals surface area contributed by atoms with Crippen molar-refractivity contribution in [2.45, 2.75) is 25.8 Å². The Morgan fingerprint density at radius 2 is 2.20 bits per heavy atom. The van der Waals surface area contributed by atoms with E-state index in [1.54, 1.807) is 0 Å². The quantitative estimate of drug-likeness (QED) is 0.854. The van der Waals surface area contributed by atoms with E-state index < -0.39 is 0 Å². The van der Waals surface area contributed by atoms with Gasteiger partial charge in [-0.2, -0.15) is 0 Å². The molecule has 0 radical (unpaired) electrons. The highest BCUT2D eigenvalue weighted by Crippen LogP contribution is 2.21. The van der Waals surface area contributed by atoms with Gasteiger partial charge in [0.05, 0.1) is 6.54 Å². The van der Waals surface area contributed by atoms with Crippen molar-refractivity contribution in [2.24, 2.45) is 13.0 Å². The van der Waals surface area contributed by atoms with Crippen LogP contribution >= 0.6 is 0 Å². The van der Waals surface area contributed by atoms with Crippen LogP contribution in [0.4, 0.5) is 0 Å². The van der Waals surface area contributed by atoms with Gasteiger partial charge in [-0.1, -0.05) is 6.07 Å². The number of pyridine rings is 1. The Kier molecular flexibility index (Phi) is 4.11. The fraction of sp³-hybridized carbons (Fsp3) is 0.500. The lowest BCUT2D eigenvalue weighted by Crippen LogP contribution is -2.36. The monoisotopic (exact) mass is 270 g/mol. The first-order valence-corrected chi connectivity index (χ1v) is 7.40. The van der Waals surface area contributed by atoms with E-state index in [9.17, 15) is 0 Å². The Bertz CT molecular complexity index is 534. The number of nitrogens with zero attached hydrogens (tertiary/aromatic N) is 4. The molecule has 106 valence electrons. The third-order valence-corrected chi connectivity index (χ3v) is 4.11. The van der Waals surface area contributed by atoms with Crippen LogP contribution in [-0.4, -0.2) is 32.5 Å². The van der Waals surface area contributed by atoms with E-state index in [1.807, 2.05) is 24.7 Å². The highest BCUT2D eigenvalue weighted by Gasteiger charge is 2.21. The van der Waals surface area contributed by atoms with Gasteiger partial charge in [-0.05, 0) is 43.9 Å². The van der Waals surface area contributed by atoms with E-state index >= 15 is 0 Å². The van der Waals surface area contributed by atoms with E-state index in [0.29, 0.717) is 0 Å². The largest absolute Gasteiger partial charge is 0.337 e. The molecule has 1 saturated heterocycles. The lowest BCUT2D eigenvalue weighted by Gasteiger charge is -2.32. The molecule has 1 aliphatic heterocycles. The van der Waals surface area contributed by atoms with Gasteiger partial charge in [-0.15, -0.1) is 0 Å². The molecule has 1 atom stereocenters. The molecule has 1 fully saturated rings. The summed E-state index contributed by atoms with van der Waals surface area (Å²) in [6.07, 6.45) is 9.48. The molecule has 1 aliphatic rings. The molecule has 4 heteroatoms. The van der Waals surface area contributed by atoms with Crippen molar-refractivity contribution in [3.8, 4) is 0 Å². The lowest BCUT2D eigenvalue weighted by atomic mass is 9.93. The Morgan fingerprint density at radius 1 is 1.25 bits per heavy atom. The second-order valence-electron chi connectivity index (χ2n) is 5.72. The number of imidazole rings is 1. The molecular weight excluding hydrogens is 248 g/mol. The normalized spacial score (nSPS) is 20.1. The summed E-state index contributed by atoms with van der Waals surface area (Å²) in [4.78, 5) is 11.4. The van der Waals surface area contributed by atoms with Gasteiger partial charge in [-0.25, -0.2) is 4.98 Å². The van der Waals surface area contributed by atoms with Gasteiger partial charge < -0.3 is 4.57 Å². The predicted octanol–water partition coefficient (Wildman–Crippen LogP) is 2.27. The van der Waals surface area contributed by atoms with Crippen LogP contribution in [0.15, 0.2) is 36.8 Å². The average Bonchev–Trinajstić information content (AvgIpc) is 2.86. The second-order valence-corrected chi connectivity index (χ2v) is 5.72. The summed E-state index contributed by atoms with van der Waals surface area (Å²) in [7, 11) is 2.07. The summed E-state index contributed by atoms with van der Waals surface area (Å²) in [5.41, 5.74) is 1.22. The van der Waals surface area contributed by atoms with Crippen molar-refractivity contribution in [2.75, 3.05) is 13.1 Å². The molecule has 0 saturated carbocycles. The van der Waals surface area contributed by atoms with Gasteiger partial charge in [0.15, 0.2) is 0 Å². The van der Waals surface area contributed by atoms with Gasteiger partial charge in [0.2, 0.25) is 0 Å². The summed E-state index contributed by atoms with van der Waals surface area (Å²) < 4.78 is 2.11. The molecule has 2 aromatic rings. The van der Waals surface area contributed by atoms with Crippen LogP contribution in [0.1, 0.15) is 24.4 Å². The molecule has 2 aromatic heterocycles. The number of aromatic nitrogens is 3. The zero-order chi connectivity index (χ0) is 13.8. The van der Waals surface area contributed by atoms with Gasteiger partial charge in [0.25, 0.3) is 0 Å². The summed E-state index contributed by atoms with van der Waals surface area (Å²) in [6, 6.07) is 6.20. The summed E-state index contributed by atoms with van der Waals surface area (Å²) in [5.74, 6) is 1.88. The number of rotatable bonds is 4. The first kappa shape index (κ1) is 13.3. The maximum absolute atomic E-state index is 4.45. The summed E-state index contributed by atoms with van der Waals surface area (Å²) in [5, 5.41) is 0. The van der Waals surface area contributed by atoms with Crippen molar-refractivity contribution in [3.63, 3.8) is 0 Å². The van der Waals surface area contributed by atoms with Gasteiger partial charge in [-0.3, -0.25) is 9.88 Å². The number of hydrogen-bond acceptors (Lipinski definition) is 3. The van der Waals surface area contributed by atoms with Crippen LogP contribution in [0.3, 0.4) is 0 Å². The topological polar surface area (TPSA) is 34.0 Å². The molecule has 0 aromatic carbocycles. The van der Waals surface area contributed by atoms with Crippen molar-refractivity contribution in [1.29, 1.82) is 0 Å². The maximum Gasteiger partial charge on any atom is 0.122 e. The Labute approximate surface area is 120 Å². The average molecular weight is 270 g/mol. The predicted molar refractivity (Wildman–Crippen MR) is 79.2 cm³/mol. The second kappa shape index (κ2) is 6.18. The third kappa shape index (κ3) is 3.25. The fourth-order valence-corrected chi connectivity index (χ4v) is 3.02. The minimum absolute atomic E-state index is 0.721. The zero-order valence-corrected chi connectivity index (χ0v) is 12.1. The van der Waals surface area contributed by atoms with Crippen LogP contribution in [0.5, 0.6) is 0 Å². The first-order chi connectivity index (χ1) is 9.81. The van der Waals surface area contributed by atoms with E-state index in [4.69, 9.17) is 0 Å². The smallest absolute Gasteiger partial charge is 0.122 e. The van der Waals surface area contributed by atoms with E-state index in [1.165, 1.54) is 25.1 Å². The van der Waals surface area contributed by atoms with Crippen molar-refractivity contribution in [3.05, 3.63) is 48.3 Å². The van der Waals surface area contributed by atoms with Crippen molar-refractivity contribution >= 4 is 0 Å². The van der Waals surface area contributed by atoms with Crippen molar-refractivity contribution < 1.29 is 0 Å². The molecule has 0 aliphatic carbocycles. The molecule has 20 heavy (non-hydrogen) atoms. The molecule has 0 spiro atoms. The molecule has 4 nitrogen and oxygen atoms in total. The Balaban J connectivity index is 1.58. The molecule has 1 unspecified atom stereocenters. The van der Waals surface area contributed by atoms with Crippen LogP contribution in [0, 0.1) is 5.92 Å². The van der Waals surface area contributed by atoms with Gasteiger partial charge in [0, 0.05) is 37.9 Å².